The van der Waals surface area contributed by atoms with E-state index in [1.54, 1.807) is 4.68 Å². The van der Waals surface area contributed by atoms with Crippen molar-refractivity contribution in [3.63, 3.8) is 0 Å². The molecule has 0 aliphatic rings. The molecule has 0 N–H and O–H groups in total. The molecule has 0 saturated carbocycles. The molecule has 28 heavy (non-hydrogen) atoms. The van der Waals surface area contributed by atoms with Gasteiger partial charge in [0.2, 0.25) is 4.77 Å². The van der Waals surface area contributed by atoms with Gasteiger partial charge in [-0.1, -0.05) is 43.6 Å². The van der Waals surface area contributed by atoms with Gasteiger partial charge in [0.05, 0.1) is 25.0 Å². The number of nitrogens with zero attached hydrogens (tertiary/aromatic N) is 5. The number of hydrogen-bond acceptors (Lipinski definition) is 4. The van der Waals surface area contributed by atoms with E-state index in [2.05, 4.69) is 32.0 Å². The predicted octanol–water partition coefficient (Wildman–Crippen LogP) is 5.26. The second-order valence-electron chi connectivity index (χ2n) is 6.98. The lowest BCUT2D eigenvalue weighted by Gasteiger charge is -2.15. The first kappa shape index (κ1) is 20.3. The Hall–Kier alpha value is -2.46. The van der Waals surface area contributed by atoms with Crippen LogP contribution in [0, 0.1) is 16.1 Å². The maximum absolute atomic E-state index is 8.96. The first-order valence-electron chi connectivity index (χ1n) is 9.03. The fourth-order valence-corrected chi connectivity index (χ4v) is 3.49. The van der Waals surface area contributed by atoms with Crippen molar-refractivity contribution >= 4 is 23.8 Å². The largest absolute Gasteiger partial charge is 0.274 e. The van der Waals surface area contributed by atoms with Crippen molar-refractivity contribution in [2.24, 2.45) is 0 Å². The molecule has 0 atom stereocenters. The maximum atomic E-state index is 8.96. The molecule has 0 amide bonds. The average Bonchev–Trinajstić information content (AvgIpc) is 2.98. The Morgan fingerprint density at radius 3 is 2.50 bits per heavy atom. The summed E-state index contributed by atoms with van der Waals surface area (Å²) in [6.45, 7) is 5.06. The van der Waals surface area contributed by atoms with Gasteiger partial charge in [-0.3, -0.25) is 9.47 Å². The number of hydrogen-bond donors (Lipinski definition) is 0. The summed E-state index contributed by atoms with van der Waals surface area (Å²) < 4.78 is 4.35. The molecule has 1 heterocycles. The van der Waals surface area contributed by atoms with Gasteiger partial charge in [0, 0.05) is 10.6 Å². The van der Waals surface area contributed by atoms with Crippen LogP contribution in [0.2, 0.25) is 5.02 Å². The highest BCUT2D eigenvalue weighted by Crippen LogP contribution is 2.29. The van der Waals surface area contributed by atoms with E-state index >= 15 is 0 Å². The fraction of sp³-hybridized carbons (Fsp3) is 0.286. The van der Waals surface area contributed by atoms with Gasteiger partial charge in [0.15, 0.2) is 5.82 Å². The molecule has 0 spiro atoms. The topological polar surface area (TPSA) is 49.8 Å². The summed E-state index contributed by atoms with van der Waals surface area (Å²) >= 11 is 11.9. The van der Waals surface area contributed by atoms with Gasteiger partial charge in [-0.25, -0.2) is 4.68 Å². The normalized spacial score (nSPS) is 11.2. The molecule has 0 saturated heterocycles. The Morgan fingerprint density at radius 2 is 1.86 bits per heavy atom. The molecule has 0 fully saturated rings. The van der Waals surface area contributed by atoms with Gasteiger partial charge in [-0.15, -0.1) is 5.10 Å². The Kier molecular flexibility index (Phi) is 6.30. The van der Waals surface area contributed by atoms with Crippen LogP contribution < -0.4 is 0 Å². The minimum atomic E-state index is 0.299. The molecule has 3 rings (SSSR count). The van der Waals surface area contributed by atoms with Crippen LogP contribution in [0.5, 0.6) is 0 Å². The van der Waals surface area contributed by atoms with Crippen LogP contribution in [0.1, 0.15) is 25.3 Å². The summed E-state index contributed by atoms with van der Waals surface area (Å²) in [7, 11) is 1.87. The van der Waals surface area contributed by atoms with Crippen LogP contribution >= 0.6 is 23.8 Å². The lowest BCUT2D eigenvalue weighted by molar-refractivity contribution is 0.280. The molecule has 144 valence electrons. The molecule has 7 heteroatoms. The highest BCUT2D eigenvalue weighted by molar-refractivity contribution is 7.71. The molecule has 3 aromatic rings. The molecule has 0 aliphatic heterocycles. The van der Waals surface area contributed by atoms with Crippen molar-refractivity contribution in [2.45, 2.75) is 26.4 Å². The van der Waals surface area contributed by atoms with E-state index in [1.807, 2.05) is 52.9 Å². The van der Waals surface area contributed by atoms with E-state index in [0.717, 1.165) is 17.1 Å². The number of nitriles is 1. The summed E-state index contributed by atoms with van der Waals surface area (Å²) in [4.78, 5) is 1.87. The summed E-state index contributed by atoms with van der Waals surface area (Å²) in [6.07, 6.45) is 0. The SMILES string of the molecule is CC(C)c1ccccc1-n1c(-c2ccc(Cl)cc2)nn(CN(C)CC#N)c1=S. The molecule has 0 radical (unpaired) electrons. The first-order chi connectivity index (χ1) is 13.4. The van der Waals surface area contributed by atoms with Crippen molar-refractivity contribution in [3.8, 4) is 23.1 Å². The lowest BCUT2D eigenvalue weighted by Crippen LogP contribution is -2.23. The smallest absolute Gasteiger partial charge is 0.204 e. The minimum absolute atomic E-state index is 0.299. The number of aromatic nitrogens is 3. The molecule has 0 unspecified atom stereocenters. The van der Waals surface area contributed by atoms with Crippen molar-refractivity contribution in [1.29, 1.82) is 5.26 Å². The zero-order valence-electron chi connectivity index (χ0n) is 16.1. The van der Waals surface area contributed by atoms with Crippen LogP contribution in [0.25, 0.3) is 17.1 Å². The summed E-state index contributed by atoms with van der Waals surface area (Å²) in [5, 5.41) is 14.4. The lowest BCUT2D eigenvalue weighted by atomic mass is 10.0. The van der Waals surface area contributed by atoms with E-state index in [0.29, 0.717) is 28.9 Å². The molecule has 5 nitrogen and oxygen atoms in total. The van der Waals surface area contributed by atoms with Gasteiger partial charge in [-0.2, -0.15) is 5.26 Å². The van der Waals surface area contributed by atoms with Crippen LogP contribution in [-0.4, -0.2) is 32.8 Å². The van der Waals surface area contributed by atoms with Gasteiger partial charge >= 0.3 is 0 Å². The van der Waals surface area contributed by atoms with E-state index in [4.69, 9.17) is 34.2 Å². The van der Waals surface area contributed by atoms with Gasteiger partial charge in [0.1, 0.15) is 0 Å². The van der Waals surface area contributed by atoms with E-state index < -0.39 is 0 Å². The molecule has 0 aliphatic carbocycles. The number of benzene rings is 2. The quantitative estimate of drug-likeness (QED) is 0.410. The highest BCUT2D eigenvalue weighted by atomic mass is 35.5. The zero-order chi connectivity index (χ0) is 20.3. The standard InChI is InChI=1S/C21H22ClN5S/c1-15(2)18-6-4-5-7-19(18)27-20(16-8-10-17(22)11-9-16)24-26(21(27)28)14-25(3)13-12-23/h4-11,15H,13-14H2,1-3H3. The molecule has 2 aromatic carbocycles. The maximum Gasteiger partial charge on any atom is 0.204 e. The van der Waals surface area contributed by atoms with E-state index in [9.17, 15) is 0 Å². The number of rotatable bonds is 6. The molecular weight excluding hydrogens is 390 g/mol. The summed E-state index contributed by atoms with van der Waals surface area (Å²) in [5.74, 6) is 1.08. The third-order valence-electron chi connectivity index (χ3n) is 4.46. The second-order valence-corrected chi connectivity index (χ2v) is 7.78. The van der Waals surface area contributed by atoms with Crippen molar-refractivity contribution < 1.29 is 0 Å². The van der Waals surface area contributed by atoms with E-state index in [-0.39, 0.29) is 0 Å². The van der Waals surface area contributed by atoms with Gasteiger partial charge < -0.3 is 0 Å². The van der Waals surface area contributed by atoms with Crippen molar-refractivity contribution in [1.82, 2.24) is 19.2 Å². The third-order valence-corrected chi connectivity index (χ3v) is 5.10. The van der Waals surface area contributed by atoms with Crippen molar-refractivity contribution in [3.05, 3.63) is 63.9 Å². The summed E-state index contributed by atoms with van der Waals surface area (Å²) in [5.41, 5.74) is 3.14. The first-order valence-corrected chi connectivity index (χ1v) is 9.81. The van der Waals surface area contributed by atoms with Crippen molar-refractivity contribution in [2.75, 3.05) is 13.6 Å². The number of halogens is 1. The monoisotopic (exact) mass is 411 g/mol. The van der Waals surface area contributed by atoms with Crippen LogP contribution in [-0.2, 0) is 6.67 Å². The fourth-order valence-electron chi connectivity index (χ4n) is 3.08. The average molecular weight is 412 g/mol. The third kappa shape index (κ3) is 4.17. The zero-order valence-corrected chi connectivity index (χ0v) is 17.7. The van der Waals surface area contributed by atoms with Gasteiger partial charge in [-0.05, 0) is 61.1 Å². The molecular formula is C21H22ClN5S. The van der Waals surface area contributed by atoms with Crippen LogP contribution in [0.4, 0.5) is 0 Å². The van der Waals surface area contributed by atoms with Gasteiger partial charge in [0.25, 0.3) is 0 Å². The molecule has 1 aromatic heterocycles. The Bertz CT molecular complexity index is 1060. The van der Waals surface area contributed by atoms with E-state index in [1.165, 1.54) is 5.56 Å². The van der Waals surface area contributed by atoms with Crippen LogP contribution in [0.15, 0.2) is 48.5 Å². The summed E-state index contributed by atoms with van der Waals surface area (Å²) in [6, 6.07) is 18.0. The molecule has 0 bridgehead atoms. The van der Waals surface area contributed by atoms with Crippen LogP contribution in [0.3, 0.4) is 0 Å². The number of para-hydroxylation sites is 1. The highest BCUT2D eigenvalue weighted by Gasteiger charge is 2.18. The minimum Gasteiger partial charge on any atom is -0.274 e. The Morgan fingerprint density at radius 1 is 1.18 bits per heavy atom. The Labute approximate surface area is 175 Å². The predicted molar refractivity (Wildman–Crippen MR) is 115 cm³/mol. The second kappa shape index (κ2) is 8.70. The Balaban J connectivity index is 2.22.